The molecule has 0 aliphatic carbocycles. The van der Waals surface area contributed by atoms with E-state index >= 15 is 0 Å². The first-order chi connectivity index (χ1) is 36.4. The Labute approximate surface area is 447 Å². The van der Waals surface area contributed by atoms with E-state index in [1.807, 2.05) is 13.8 Å². The first-order valence-electron chi connectivity index (χ1n) is 26.4. The van der Waals surface area contributed by atoms with Crippen LogP contribution in [0.2, 0.25) is 0 Å². The van der Waals surface area contributed by atoms with Crippen molar-refractivity contribution < 1.29 is 0 Å². The fourth-order valence-electron chi connectivity index (χ4n) is 10.2. The summed E-state index contributed by atoms with van der Waals surface area (Å²) in [7, 11) is 0. The van der Waals surface area contributed by atoms with Crippen LogP contribution in [0.1, 0.15) is 69.5 Å². The summed E-state index contributed by atoms with van der Waals surface area (Å²) in [5.41, 5.74) is 25.2. The zero-order valence-electron chi connectivity index (χ0n) is 45.4. The van der Waals surface area contributed by atoms with Gasteiger partial charge in [0, 0.05) is 68.2 Å². The van der Waals surface area contributed by atoms with Gasteiger partial charge in [0.25, 0.3) is 0 Å². The maximum absolute atomic E-state index is 2.42. The summed E-state index contributed by atoms with van der Waals surface area (Å²) in [6.45, 7) is 21.4. The van der Waals surface area contributed by atoms with E-state index in [9.17, 15) is 0 Å². The molecule has 0 aliphatic heterocycles. The highest BCUT2D eigenvalue weighted by molar-refractivity contribution is 5.87. The van der Waals surface area contributed by atoms with Gasteiger partial charge >= 0.3 is 0 Å². The molecule has 0 saturated carbocycles. The van der Waals surface area contributed by atoms with Gasteiger partial charge in [-0.1, -0.05) is 111 Å². The molecule has 0 aromatic heterocycles. The summed E-state index contributed by atoms with van der Waals surface area (Å²) in [6, 6.07) is 85.3. The predicted octanol–water partition coefficient (Wildman–Crippen LogP) is 20.7. The molecule has 0 saturated heterocycles. The van der Waals surface area contributed by atoms with E-state index in [1.54, 1.807) is 0 Å². The van der Waals surface area contributed by atoms with Gasteiger partial charge in [0.1, 0.15) is 0 Å². The minimum absolute atomic E-state index is 0.650. The van der Waals surface area contributed by atoms with E-state index in [1.165, 1.54) is 55.6 Å². The van der Waals surface area contributed by atoms with Crippen LogP contribution < -0.4 is 19.6 Å². The lowest BCUT2D eigenvalue weighted by atomic mass is 9.99. The summed E-state index contributed by atoms with van der Waals surface area (Å²) >= 11 is 0. The van der Waals surface area contributed by atoms with Crippen molar-refractivity contribution in [3.8, 4) is 0 Å². The van der Waals surface area contributed by atoms with Gasteiger partial charge in [-0.3, -0.25) is 0 Å². The minimum Gasteiger partial charge on any atom is -0.310 e. The lowest BCUT2D eigenvalue weighted by molar-refractivity contribution is 1.14. The van der Waals surface area contributed by atoms with Crippen molar-refractivity contribution in [2.24, 2.45) is 0 Å². The molecule has 0 bridgehead atoms. The summed E-state index contributed by atoms with van der Waals surface area (Å²) < 4.78 is 0. The summed E-state index contributed by atoms with van der Waals surface area (Å²) in [4.78, 5) is 9.70. The van der Waals surface area contributed by atoms with Crippen LogP contribution in [0.15, 0.2) is 231 Å². The second kappa shape index (κ2) is 23.1. The number of aryl methyl sites for hydroxylation is 8. The van der Waals surface area contributed by atoms with E-state index < -0.39 is 0 Å². The molecule has 4 heteroatoms. The molecule has 374 valence electrons. The van der Waals surface area contributed by atoms with Crippen molar-refractivity contribution in [2.45, 2.75) is 75.7 Å². The van der Waals surface area contributed by atoms with Crippen LogP contribution in [0, 0.1) is 55.4 Å². The number of nitrogens with zero attached hydrogens (tertiary/aromatic N) is 4. The largest absolute Gasteiger partial charge is 0.310 e. The normalized spacial score (nSPS) is 10.9. The Morgan fingerprint density at radius 1 is 0.200 bits per heavy atom. The fourth-order valence-corrected chi connectivity index (χ4v) is 10.2. The van der Waals surface area contributed by atoms with E-state index in [4.69, 9.17) is 0 Å². The third kappa shape index (κ3) is 12.1. The number of rotatable bonds is 14. The molecule has 75 heavy (non-hydrogen) atoms. The van der Waals surface area contributed by atoms with Crippen LogP contribution in [0.4, 0.5) is 68.2 Å². The van der Waals surface area contributed by atoms with Crippen LogP contribution in [-0.4, -0.2) is 0 Å². The maximum atomic E-state index is 2.42. The molecule has 0 fully saturated rings. The van der Waals surface area contributed by atoms with E-state index in [2.05, 4.69) is 306 Å². The molecule has 10 aromatic rings. The molecule has 0 heterocycles. The smallest absolute Gasteiger partial charge is 0.0485 e. The summed E-state index contributed by atoms with van der Waals surface area (Å²) in [5.74, 6) is 0. The third-order valence-electron chi connectivity index (χ3n) is 13.4. The van der Waals surface area contributed by atoms with Gasteiger partial charge in [0.2, 0.25) is 0 Å². The van der Waals surface area contributed by atoms with Crippen molar-refractivity contribution >= 4 is 68.2 Å². The topological polar surface area (TPSA) is 13.0 Å². The molecule has 0 aliphatic rings. The Morgan fingerprint density at radius 2 is 0.360 bits per heavy atom. The second-order valence-electron chi connectivity index (χ2n) is 19.9. The quantitative estimate of drug-likeness (QED) is 0.108. The van der Waals surface area contributed by atoms with Crippen molar-refractivity contribution in [1.82, 2.24) is 0 Å². The molecule has 0 unspecified atom stereocenters. The lowest BCUT2D eigenvalue weighted by Gasteiger charge is -2.31. The van der Waals surface area contributed by atoms with Crippen LogP contribution in [-0.2, 0) is 6.42 Å². The Bertz CT molecular complexity index is 2940. The molecule has 4 nitrogen and oxygen atoms in total. The molecule has 0 radical (unpaired) electrons. The number of hydrogen-bond acceptors (Lipinski definition) is 4. The molecule has 0 spiro atoms. The molecular formula is C71H70N4. The van der Waals surface area contributed by atoms with Gasteiger partial charge in [-0.2, -0.15) is 0 Å². The first-order valence-corrected chi connectivity index (χ1v) is 26.4. The molecule has 0 atom stereocenters. The second-order valence-corrected chi connectivity index (χ2v) is 19.9. The number of benzene rings is 10. The lowest BCUT2D eigenvalue weighted by Crippen LogP contribution is -2.15. The first kappa shape index (κ1) is 51.3. The van der Waals surface area contributed by atoms with Crippen molar-refractivity contribution in [2.75, 3.05) is 19.6 Å². The molecule has 10 rings (SSSR count). The average molecular weight is 979 g/mol. The van der Waals surface area contributed by atoms with Crippen molar-refractivity contribution in [1.29, 1.82) is 0 Å². The van der Waals surface area contributed by atoms with Crippen LogP contribution in [0.3, 0.4) is 0 Å². The Balaban J connectivity index is 0.00000340. The Hall–Kier alpha value is -8.60. The van der Waals surface area contributed by atoms with Crippen molar-refractivity contribution in [3.05, 3.63) is 286 Å². The minimum atomic E-state index is 0.650. The van der Waals surface area contributed by atoms with Crippen LogP contribution in [0.5, 0.6) is 0 Å². The van der Waals surface area contributed by atoms with Gasteiger partial charge in [-0.05, 0) is 251 Å². The highest BCUT2D eigenvalue weighted by atomic mass is 15.2. The Kier molecular flexibility index (Phi) is 15.8. The van der Waals surface area contributed by atoms with Crippen molar-refractivity contribution in [3.63, 3.8) is 0 Å². The van der Waals surface area contributed by atoms with Gasteiger partial charge in [-0.25, -0.2) is 0 Å². The monoisotopic (exact) mass is 979 g/mol. The van der Waals surface area contributed by atoms with Gasteiger partial charge in [0.15, 0.2) is 0 Å². The summed E-state index contributed by atoms with van der Waals surface area (Å²) in [5, 5.41) is 0. The standard InChI is InChI=1S/C69H64N4.C2H6/c1-48-17-9-25-58(33-48)70(59-26-10-18-49(2)34-59)66-42-56(43-67(46-66)71(60-27-11-19-50(3)35-60)61-28-12-20-51(4)36-61)41-57-44-68(72(62-29-13-21-52(5)37-62)63-30-14-22-53(6)38-63)47-69(45-57)73(64-31-15-23-54(7)39-64)65-32-16-24-55(8)40-65;1-2/h9-40,42-47H,41H2,1-8H3;1-2H3. The predicted molar refractivity (Wildman–Crippen MR) is 324 cm³/mol. The van der Waals surface area contributed by atoms with Crippen LogP contribution in [0.25, 0.3) is 0 Å². The van der Waals surface area contributed by atoms with E-state index in [0.29, 0.717) is 6.42 Å². The van der Waals surface area contributed by atoms with E-state index in [0.717, 1.165) is 68.2 Å². The van der Waals surface area contributed by atoms with Crippen LogP contribution >= 0.6 is 0 Å². The van der Waals surface area contributed by atoms with Gasteiger partial charge in [0.05, 0.1) is 0 Å². The van der Waals surface area contributed by atoms with E-state index in [-0.39, 0.29) is 0 Å². The summed E-state index contributed by atoms with van der Waals surface area (Å²) in [6.07, 6.45) is 0.650. The van der Waals surface area contributed by atoms with Gasteiger partial charge in [-0.15, -0.1) is 0 Å². The maximum Gasteiger partial charge on any atom is 0.0485 e. The molecule has 0 amide bonds. The Morgan fingerprint density at radius 3 is 0.507 bits per heavy atom. The zero-order chi connectivity index (χ0) is 52.6. The fraction of sp³-hybridized carbons (Fsp3) is 0.155. The molecule has 10 aromatic carbocycles. The zero-order valence-corrected chi connectivity index (χ0v) is 45.4. The number of anilines is 12. The van der Waals surface area contributed by atoms with Gasteiger partial charge < -0.3 is 19.6 Å². The third-order valence-corrected chi connectivity index (χ3v) is 13.4. The highest BCUT2D eigenvalue weighted by Gasteiger charge is 2.23. The molecule has 0 N–H and O–H groups in total. The average Bonchev–Trinajstić information content (AvgIpc) is 3.38. The highest BCUT2D eigenvalue weighted by Crippen LogP contribution is 2.45. The molecular weight excluding hydrogens is 909 g/mol. The SMILES string of the molecule is CC.Cc1cccc(N(c2cccc(C)c2)c2cc(Cc3cc(N(c4cccc(C)c4)c4cccc(C)c4)cc(N(c4cccc(C)c4)c4cccc(C)c4)c3)cc(N(c3cccc(C)c3)c3cccc(C)c3)c2)c1. The number of hydrogen-bond donors (Lipinski definition) is 0.